The Bertz CT molecular complexity index is 586. The number of hydrogen-bond acceptors (Lipinski definition) is 4. The Morgan fingerprint density at radius 1 is 1.14 bits per heavy atom. The van der Waals surface area contributed by atoms with E-state index >= 15 is 0 Å². The number of benzene rings is 1. The zero-order valence-corrected chi connectivity index (χ0v) is 17.8. The summed E-state index contributed by atoms with van der Waals surface area (Å²) in [6, 6.07) is 7.96. The molecule has 2 N–H and O–H groups in total. The number of rotatable bonds is 12. The second-order valence-electron chi connectivity index (χ2n) is 7.48. The van der Waals surface area contributed by atoms with Crippen LogP contribution in [-0.4, -0.2) is 53.0 Å². The summed E-state index contributed by atoms with van der Waals surface area (Å²) in [5, 5.41) is 6.72. The highest BCUT2D eigenvalue weighted by atomic mass is 16.5. The molecule has 1 aromatic carbocycles. The Labute approximate surface area is 170 Å². The molecule has 0 unspecified atom stereocenters. The molecule has 0 spiro atoms. The number of hydrogen-bond donors (Lipinski definition) is 2. The highest BCUT2D eigenvalue weighted by molar-refractivity contribution is 5.79. The zero-order valence-electron chi connectivity index (χ0n) is 17.8. The van der Waals surface area contributed by atoms with Crippen LogP contribution in [0.5, 0.6) is 5.75 Å². The molecule has 1 aromatic rings. The summed E-state index contributed by atoms with van der Waals surface area (Å²) < 4.78 is 16.3. The average Bonchev–Trinajstić information content (AvgIpc) is 3.19. The molecular weight excluding hydrogens is 354 g/mol. The van der Waals surface area contributed by atoms with Crippen LogP contribution in [0.3, 0.4) is 0 Å². The van der Waals surface area contributed by atoms with Gasteiger partial charge in [0.1, 0.15) is 5.75 Å². The lowest BCUT2D eigenvalue weighted by molar-refractivity contribution is 0.125. The minimum Gasteiger partial charge on any atom is -0.497 e. The van der Waals surface area contributed by atoms with Crippen molar-refractivity contribution in [3.63, 3.8) is 0 Å². The maximum Gasteiger partial charge on any atom is 0.191 e. The minimum atomic E-state index is 0.307. The van der Waals surface area contributed by atoms with Crippen molar-refractivity contribution >= 4 is 5.96 Å². The second-order valence-corrected chi connectivity index (χ2v) is 7.48. The van der Waals surface area contributed by atoms with Crippen LogP contribution >= 0.6 is 0 Å². The van der Waals surface area contributed by atoms with Crippen molar-refractivity contribution in [1.29, 1.82) is 0 Å². The Balaban J connectivity index is 1.75. The maximum atomic E-state index is 5.78. The van der Waals surface area contributed by atoms with Gasteiger partial charge in [-0.2, -0.15) is 0 Å². The molecule has 1 aliphatic rings. The number of nitrogens with zero attached hydrogens (tertiary/aromatic N) is 1. The molecule has 158 valence electrons. The van der Waals surface area contributed by atoms with E-state index in [9.17, 15) is 0 Å². The Kier molecular flexibility index (Phi) is 10.1. The molecule has 0 amide bonds. The van der Waals surface area contributed by atoms with Gasteiger partial charge >= 0.3 is 0 Å². The van der Waals surface area contributed by atoms with Gasteiger partial charge in [0.05, 0.1) is 20.3 Å². The van der Waals surface area contributed by atoms with Gasteiger partial charge in [0.25, 0.3) is 0 Å². The predicted octanol–water partition coefficient (Wildman–Crippen LogP) is 3.36. The summed E-state index contributed by atoms with van der Waals surface area (Å²) in [6.07, 6.45) is 6.21. The lowest BCUT2D eigenvalue weighted by atomic mass is 9.83. The first-order valence-electron chi connectivity index (χ1n) is 10.4. The third-order valence-electron chi connectivity index (χ3n) is 5.36. The molecule has 0 atom stereocenters. The molecule has 0 aliphatic heterocycles. The van der Waals surface area contributed by atoms with Gasteiger partial charge in [0.15, 0.2) is 5.96 Å². The minimum absolute atomic E-state index is 0.307. The van der Waals surface area contributed by atoms with E-state index in [4.69, 9.17) is 19.2 Å². The highest BCUT2D eigenvalue weighted by Crippen LogP contribution is 2.41. The lowest BCUT2D eigenvalue weighted by Gasteiger charge is -2.27. The van der Waals surface area contributed by atoms with E-state index < -0.39 is 0 Å². The molecule has 28 heavy (non-hydrogen) atoms. The summed E-state index contributed by atoms with van der Waals surface area (Å²) in [6.45, 7) is 6.53. The van der Waals surface area contributed by atoms with Gasteiger partial charge < -0.3 is 24.8 Å². The Hall–Kier alpha value is -1.79. The van der Waals surface area contributed by atoms with Crippen LogP contribution in [-0.2, 0) is 16.1 Å². The number of nitrogens with one attached hydrogen (secondary N) is 2. The van der Waals surface area contributed by atoms with Crippen LogP contribution in [0.4, 0.5) is 0 Å². The predicted molar refractivity (Wildman–Crippen MR) is 114 cm³/mol. The fourth-order valence-corrected chi connectivity index (χ4v) is 3.71. The van der Waals surface area contributed by atoms with E-state index in [1.807, 2.05) is 24.3 Å². The zero-order chi connectivity index (χ0) is 20.1. The summed E-state index contributed by atoms with van der Waals surface area (Å²) in [7, 11) is 3.46. The van der Waals surface area contributed by atoms with Crippen LogP contribution in [0.1, 0.15) is 44.6 Å². The van der Waals surface area contributed by atoms with Crippen molar-refractivity contribution in [2.75, 3.05) is 47.1 Å². The summed E-state index contributed by atoms with van der Waals surface area (Å²) in [5.74, 6) is 1.73. The first-order chi connectivity index (χ1) is 13.7. The number of methoxy groups -OCH3 is 2. The number of guanidine groups is 1. The van der Waals surface area contributed by atoms with Crippen LogP contribution in [0, 0.1) is 5.41 Å². The van der Waals surface area contributed by atoms with E-state index in [1.54, 1.807) is 14.2 Å². The molecule has 6 heteroatoms. The highest BCUT2D eigenvalue weighted by Gasteiger charge is 2.33. The topological polar surface area (TPSA) is 64.1 Å². The molecule has 0 aromatic heterocycles. The lowest BCUT2D eigenvalue weighted by Crippen LogP contribution is -2.40. The van der Waals surface area contributed by atoms with Gasteiger partial charge in [0.2, 0.25) is 0 Å². The Morgan fingerprint density at radius 2 is 1.96 bits per heavy atom. The van der Waals surface area contributed by atoms with Crippen molar-refractivity contribution in [3.05, 3.63) is 29.8 Å². The number of ether oxygens (including phenoxy) is 3. The van der Waals surface area contributed by atoms with E-state index in [2.05, 4.69) is 17.6 Å². The normalized spacial score (nSPS) is 16.2. The fraction of sp³-hybridized carbons (Fsp3) is 0.682. The molecule has 6 nitrogen and oxygen atoms in total. The fourth-order valence-electron chi connectivity index (χ4n) is 3.71. The quantitative estimate of drug-likeness (QED) is 0.325. The first kappa shape index (κ1) is 22.5. The van der Waals surface area contributed by atoms with Gasteiger partial charge in [-0.3, -0.25) is 4.99 Å². The van der Waals surface area contributed by atoms with Crippen LogP contribution in [0.15, 0.2) is 29.3 Å². The van der Waals surface area contributed by atoms with Crippen molar-refractivity contribution in [2.24, 2.45) is 10.4 Å². The molecule has 1 fully saturated rings. The van der Waals surface area contributed by atoms with E-state index in [1.165, 1.54) is 25.7 Å². The molecule has 0 radical (unpaired) electrons. The van der Waals surface area contributed by atoms with E-state index in [0.717, 1.165) is 49.9 Å². The smallest absolute Gasteiger partial charge is 0.191 e. The molecular formula is C22H37N3O3. The molecule has 2 rings (SSSR count). The molecule has 0 bridgehead atoms. The molecule has 1 aliphatic carbocycles. The largest absolute Gasteiger partial charge is 0.497 e. The third kappa shape index (κ3) is 7.68. The third-order valence-corrected chi connectivity index (χ3v) is 5.36. The molecule has 1 saturated carbocycles. The standard InChI is InChI=1S/C22H37N3O3/c1-4-23-21(25-18-22(12-14-26-2)10-5-6-11-22)24-13-15-28-17-19-8-7-9-20(16-19)27-3/h7-9,16H,4-6,10-15,17-18H2,1-3H3,(H2,23,24,25). The number of aliphatic imine (C=N–C) groups is 1. The van der Waals surface area contributed by atoms with Crippen LogP contribution in [0.25, 0.3) is 0 Å². The van der Waals surface area contributed by atoms with Gasteiger partial charge in [-0.1, -0.05) is 25.0 Å². The van der Waals surface area contributed by atoms with Gasteiger partial charge in [-0.25, -0.2) is 0 Å². The average molecular weight is 392 g/mol. The van der Waals surface area contributed by atoms with E-state index in [0.29, 0.717) is 18.6 Å². The van der Waals surface area contributed by atoms with Crippen molar-refractivity contribution in [1.82, 2.24) is 10.6 Å². The van der Waals surface area contributed by atoms with Gasteiger partial charge in [-0.15, -0.1) is 0 Å². The van der Waals surface area contributed by atoms with E-state index in [-0.39, 0.29) is 0 Å². The summed E-state index contributed by atoms with van der Waals surface area (Å²) in [5.41, 5.74) is 1.42. The summed E-state index contributed by atoms with van der Waals surface area (Å²) >= 11 is 0. The van der Waals surface area contributed by atoms with Crippen molar-refractivity contribution in [3.8, 4) is 5.75 Å². The van der Waals surface area contributed by atoms with Crippen molar-refractivity contribution < 1.29 is 14.2 Å². The SMILES string of the molecule is CCNC(=NCC1(CCOC)CCCC1)NCCOCc1cccc(OC)c1. The maximum absolute atomic E-state index is 5.78. The van der Waals surface area contributed by atoms with Gasteiger partial charge in [-0.05, 0) is 49.3 Å². The second kappa shape index (κ2) is 12.6. The van der Waals surface area contributed by atoms with Gasteiger partial charge in [0, 0.05) is 33.4 Å². The first-order valence-corrected chi connectivity index (χ1v) is 10.4. The Morgan fingerprint density at radius 3 is 2.68 bits per heavy atom. The van der Waals surface area contributed by atoms with Crippen molar-refractivity contribution in [2.45, 2.75) is 45.6 Å². The summed E-state index contributed by atoms with van der Waals surface area (Å²) in [4.78, 5) is 4.87. The molecule has 0 saturated heterocycles. The van der Waals surface area contributed by atoms with Crippen LogP contribution in [0.2, 0.25) is 0 Å². The van der Waals surface area contributed by atoms with Crippen LogP contribution < -0.4 is 15.4 Å². The monoisotopic (exact) mass is 391 g/mol. The molecule has 0 heterocycles.